The smallest absolute Gasteiger partial charge is 0.207 e. The molecular weight excluding hydrogens is 186 g/mol. The summed E-state index contributed by atoms with van der Waals surface area (Å²) < 4.78 is 24.7. The zero-order chi connectivity index (χ0) is 9.90. The Bertz CT molecular complexity index is 358. The Kier molecular flexibility index (Phi) is 3.06. The number of nitrogens with zero attached hydrogens (tertiary/aromatic N) is 1. The summed E-state index contributed by atoms with van der Waals surface area (Å²) in [6, 6.07) is 9.05. The first kappa shape index (κ1) is 10.2. The summed E-state index contributed by atoms with van der Waals surface area (Å²) in [5.74, 6) is 0. The number of rotatable bonds is 3. The van der Waals surface area contributed by atoms with Gasteiger partial charge in [0.25, 0.3) is 0 Å². The summed E-state index contributed by atoms with van der Waals surface area (Å²) in [7, 11) is -1.71. The Morgan fingerprint density at radius 3 is 2.38 bits per heavy atom. The zero-order valence-electron chi connectivity index (χ0n) is 7.69. The van der Waals surface area contributed by atoms with E-state index < -0.39 is 10.0 Å². The molecule has 71 valence electrons. The van der Waals surface area contributed by atoms with Crippen LogP contribution < -0.4 is 0 Å². The van der Waals surface area contributed by atoms with Crippen LogP contribution in [0.15, 0.2) is 29.2 Å². The first-order chi connectivity index (χ1) is 6.09. The van der Waals surface area contributed by atoms with Gasteiger partial charge in [0.05, 0.1) is 4.90 Å². The van der Waals surface area contributed by atoms with Crippen molar-refractivity contribution in [2.45, 2.75) is 11.8 Å². The lowest BCUT2D eigenvalue weighted by Crippen LogP contribution is -2.26. The van der Waals surface area contributed by atoms with Crippen molar-refractivity contribution < 1.29 is 8.42 Å². The fourth-order valence-electron chi connectivity index (χ4n) is 0.893. The van der Waals surface area contributed by atoms with Crippen molar-refractivity contribution in [2.24, 2.45) is 0 Å². The van der Waals surface area contributed by atoms with Gasteiger partial charge in [-0.1, -0.05) is 19.1 Å². The highest BCUT2D eigenvalue weighted by molar-refractivity contribution is 7.89. The summed E-state index contributed by atoms with van der Waals surface area (Å²) in [6.45, 7) is 2.27. The maximum atomic E-state index is 11.7. The van der Waals surface area contributed by atoms with Gasteiger partial charge < -0.3 is 0 Å². The van der Waals surface area contributed by atoms with Crippen molar-refractivity contribution in [3.63, 3.8) is 0 Å². The molecule has 0 saturated heterocycles. The molecule has 1 aromatic carbocycles. The molecule has 0 N–H and O–H groups in total. The molecule has 0 saturated carbocycles. The molecule has 0 heterocycles. The van der Waals surface area contributed by atoms with E-state index in [-0.39, 0.29) is 0 Å². The summed E-state index contributed by atoms with van der Waals surface area (Å²) in [6.07, 6.45) is 0. The fourth-order valence-corrected chi connectivity index (χ4v) is 2.07. The lowest BCUT2D eigenvalue weighted by Gasteiger charge is -2.14. The number of hydrogen-bond acceptors (Lipinski definition) is 2. The molecule has 0 fully saturated rings. The van der Waals surface area contributed by atoms with Gasteiger partial charge in [-0.2, -0.15) is 0 Å². The van der Waals surface area contributed by atoms with Gasteiger partial charge in [-0.3, -0.25) is 0 Å². The maximum absolute atomic E-state index is 11.7. The van der Waals surface area contributed by atoms with Gasteiger partial charge in [0.2, 0.25) is 10.0 Å². The van der Waals surface area contributed by atoms with Gasteiger partial charge >= 0.3 is 0 Å². The predicted molar refractivity (Wildman–Crippen MR) is 50.8 cm³/mol. The predicted octanol–water partition coefficient (Wildman–Crippen LogP) is 1.13. The van der Waals surface area contributed by atoms with Crippen LogP contribution in [0.1, 0.15) is 6.92 Å². The van der Waals surface area contributed by atoms with Crippen molar-refractivity contribution in [2.75, 3.05) is 13.6 Å². The maximum Gasteiger partial charge on any atom is 0.242 e. The van der Waals surface area contributed by atoms with Crippen LogP contribution in [0.4, 0.5) is 0 Å². The standard InChI is InChI=1S/C9H12NO2S/c1-3-10(2)13(11,12)9-7-5-4-6-8-9/h5-8H,3H2,1-2H3. The summed E-state index contributed by atoms with van der Waals surface area (Å²) in [5, 5.41) is 0. The SMILES string of the molecule is CCN(C)S(=O)(=O)c1cc[c]cc1. The molecule has 1 radical (unpaired) electrons. The normalized spacial score (nSPS) is 11.9. The van der Waals surface area contributed by atoms with Crippen LogP contribution in [0, 0.1) is 6.07 Å². The third-order valence-corrected chi connectivity index (χ3v) is 3.79. The van der Waals surface area contributed by atoms with Crippen LogP contribution >= 0.6 is 0 Å². The van der Waals surface area contributed by atoms with Crippen molar-refractivity contribution in [1.29, 1.82) is 0 Å². The quantitative estimate of drug-likeness (QED) is 0.730. The van der Waals surface area contributed by atoms with Crippen LogP contribution in [0.2, 0.25) is 0 Å². The largest absolute Gasteiger partial charge is 0.242 e. The van der Waals surface area contributed by atoms with E-state index in [0.29, 0.717) is 11.4 Å². The van der Waals surface area contributed by atoms with Gasteiger partial charge in [-0.15, -0.1) is 0 Å². The van der Waals surface area contributed by atoms with E-state index >= 15 is 0 Å². The van der Waals surface area contributed by atoms with Gasteiger partial charge in [0.15, 0.2) is 0 Å². The topological polar surface area (TPSA) is 37.4 Å². The number of benzene rings is 1. The minimum absolute atomic E-state index is 0.315. The van der Waals surface area contributed by atoms with Gasteiger partial charge in [-0.05, 0) is 18.2 Å². The Labute approximate surface area is 79.0 Å². The molecular formula is C9H12NO2S. The Morgan fingerprint density at radius 1 is 1.38 bits per heavy atom. The molecule has 0 aliphatic rings. The Morgan fingerprint density at radius 2 is 1.92 bits per heavy atom. The zero-order valence-corrected chi connectivity index (χ0v) is 8.50. The fraction of sp³-hybridized carbons (Fsp3) is 0.333. The van der Waals surface area contributed by atoms with E-state index in [1.54, 1.807) is 38.2 Å². The molecule has 0 atom stereocenters. The second-order valence-corrected chi connectivity index (χ2v) is 4.70. The molecule has 4 heteroatoms. The van der Waals surface area contributed by atoms with Crippen LogP contribution in [0.3, 0.4) is 0 Å². The van der Waals surface area contributed by atoms with Crippen LogP contribution in [0.25, 0.3) is 0 Å². The number of hydrogen-bond donors (Lipinski definition) is 0. The first-order valence-electron chi connectivity index (χ1n) is 4.01. The van der Waals surface area contributed by atoms with Crippen molar-refractivity contribution >= 4 is 10.0 Å². The van der Waals surface area contributed by atoms with E-state index in [1.165, 1.54) is 4.31 Å². The molecule has 1 rings (SSSR count). The lowest BCUT2D eigenvalue weighted by molar-refractivity contribution is 0.486. The van der Waals surface area contributed by atoms with Gasteiger partial charge in [0.1, 0.15) is 0 Å². The third kappa shape index (κ3) is 2.08. The average Bonchev–Trinajstić information content (AvgIpc) is 2.18. The monoisotopic (exact) mass is 198 g/mol. The molecule has 0 amide bonds. The Balaban J connectivity index is 3.09. The van der Waals surface area contributed by atoms with Crippen LogP contribution in [-0.4, -0.2) is 26.3 Å². The lowest BCUT2D eigenvalue weighted by atomic mass is 10.4. The third-order valence-electron chi connectivity index (χ3n) is 1.84. The van der Waals surface area contributed by atoms with Crippen molar-refractivity contribution in [3.05, 3.63) is 30.3 Å². The van der Waals surface area contributed by atoms with Crippen molar-refractivity contribution in [1.82, 2.24) is 4.31 Å². The molecule has 13 heavy (non-hydrogen) atoms. The van der Waals surface area contributed by atoms with Crippen LogP contribution in [-0.2, 0) is 10.0 Å². The Hall–Kier alpha value is -0.870. The van der Waals surface area contributed by atoms with Crippen molar-refractivity contribution in [3.8, 4) is 0 Å². The molecule has 0 unspecified atom stereocenters. The molecule has 0 bridgehead atoms. The molecule has 1 aromatic rings. The number of sulfonamides is 1. The minimum atomic E-state index is -3.28. The molecule has 0 aliphatic heterocycles. The second-order valence-electron chi connectivity index (χ2n) is 2.65. The summed E-state index contributed by atoms with van der Waals surface area (Å²) in [4.78, 5) is 0.315. The highest BCUT2D eigenvalue weighted by atomic mass is 32.2. The van der Waals surface area contributed by atoms with Gasteiger partial charge in [-0.25, -0.2) is 12.7 Å². The van der Waals surface area contributed by atoms with E-state index in [2.05, 4.69) is 6.07 Å². The van der Waals surface area contributed by atoms with E-state index in [0.717, 1.165) is 0 Å². The highest BCUT2D eigenvalue weighted by Gasteiger charge is 2.17. The highest BCUT2D eigenvalue weighted by Crippen LogP contribution is 2.12. The molecule has 0 aromatic heterocycles. The van der Waals surface area contributed by atoms with Gasteiger partial charge in [0, 0.05) is 13.6 Å². The first-order valence-corrected chi connectivity index (χ1v) is 5.45. The average molecular weight is 198 g/mol. The van der Waals surface area contributed by atoms with E-state index in [1.807, 2.05) is 0 Å². The molecule has 0 spiro atoms. The van der Waals surface area contributed by atoms with E-state index in [9.17, 15) is 8.42 Å². The summed E-state index contributed by atoms with van der Waals surface area (Å²) in [5.41, 5.74) is 0. The molecule has 3 nitrogen and oxygen atoms in total. The second kappa shape index (κ2) is 3.89. The minimum Gasteiger partial charge on any atom is -0.207 e. The molecule has 0 aliphatic carbocycles. The summed E-state index contributed by atoms with van der Waals surface area (Å²) >= 11 is 0. The van der Waals surface area contributed by atoms with E-state index in [4.69, 9.17) is 0 Å². The van der Waals surface area contributed by atoms with Crippen LogP contribution in [0.5, 0.6) is 0 Å².